The van der Waals surface area contributed by atoms with E-state index in [1.165, 1.54) is 18.2 Å². The van der Waals surface area contributed by atoms with Crippen LogP contribution in [0.1, 0.15) is 15.9 Å². The fourth-order valence-corrected chi connectivity index (χ4v) is 2.27. The zero-order valence-electron chi connectivity index (χ0n) is 12.3. The summed E-state index contributed by atoms with van der Waals surface area (Å²) in [7, 11) is 0. The van der Waals surface area contributed by atoms with Crippen LogP contribution in [-0.2, 0) is 0 Å². The first-order valence-electron chi connectivity index (χ1n) is 7.15. The Kier molecular flexibility index (Phi) is 4.06. The minimum atomic E-state index is -0.423. The molecule has 4 heteroatoms. The normalized spacial score (nSPS) is 10.3. The summed E-state index contributed by atoms with van der Waals surface area (Å²) in [4.78, 5) is 12.3. The molecule has 3 nitrogen and oxygen atoms in total. The molecule has 0 bridgehead atoms. The van der Waals surface area contributed by atoms with Crippen LogP contribution >= 0.6 is 0 Å². The minimum Gasteiger partial charge on any atom is -0.397 e. The topological polar surface area (TPSA) is 55.1 Å². The molecular formula is C19H15FN2O. The Hall–Kier alpha value is -3.14. The van der Waals surface area contributed by atoms with Gasteiger partial charge in [-0.2, -0.15) is 0 Å². The van der Waals surface area contributed by atoms with Gasteiger partial charge < -0.3 is 11.1 Å². The minimum absolute atomic E-state index is 0.213. The van der Waals surface area contributed by atoms with Crippen molar-refractivity contribution in [3.8, 4) is 0 Å². The fourth-order valence-electron chi connectivity index (χ4n) is 2.27. The van der Waals surface area contributed by atoms with Crippen LogP contribution < -0.4 is 11.1 Å². The summed E-state index contributed by atoms with van der Waals surface area (Å²) in [6, 6.07) is 20.1. The van der Waals surface area contributed by atoms with Gasteiger partial charge in [0.25, 0.3) is 0 Å². The molecule has 3 N–H and O–H groups in total. The van der Waals surface area contributed by atoms with Crippen LogP contribution in [0.2, 0.25) is 0 Å². The van der Waals surface area contributed by atoms with Gasteiger partial charge in [0.2, 0.25) is 0 Å². The lowest BCUT2D eigenvalue weighted by atomic mass is 10.0. The van der Waals surface area contributed by atoms with Gasteiger partial charge >= 0.3 is 0 Å². The third kappa shape index (κ3) is 3.37. The second-order valence-corrected chi connectivity index (χ2v) is 5.13. The van der Waals surface area contributed by atoms with Crippen molar-refractivity contribution in [1.29, 1.82) is 0 Å². The van der Waals surface area contributed by atoms with E-state index >= 15 is 0 Å². The molecule has 0 saturated heterocycles. The van der Waals surface area contributed by atoms with Crippen molar-refractivity contribution in [3.05, 3.63) is 89.7 Å². The third-order valence-corrected chi connectivity index (χ3v) is 3.47. The van der Waals surface area contributed by atoms with Gasteiger partial charge in [-0.25, -0.2) is 4.39 Å². The molecule has 0 aliphatic rings. The summed E-state index contributed by atoms with van der Waals surface area (Å²) >= 11 is 0. The van der Waals surface area contributed by atoms with Gasteiger partial charge in [0.15, 0.2) is 5.78 Å². The average molecular weight is 306 g/mol. The maximum atomic E-state index is 13.2. The van der Waals surface area contributed by atoms with E-state index in [2.05, 4.69) is 5.32 Å². The highest BCUT2D eigenvalue weighted by atomic mass is 19.1. The molecule has 0 saturated carbocycles. The zero-order chi connectivity index (χ0) is 16.2. The number of carbonyl (C=O) groups is 1. The average Bonchev–Trinajstić information content (AvgIpc) is 2.57. The Morgan fingerprint density at radius 3 is 2.30 bits per heavy atom. The number of nitrogen functional groups attached to an aromatic ring is 1. The first-order chi connectivity index (χ1) is 11.1. The molecule has 0 atom stereocenters. The highest BCUT2D eigenvalue weighted by Crippen LogP contribution is 2.23. The molecule has 3 aromatic rings. The predicted octanol–water partition coefficient (Wildman–Crippen LogP) is 4.38. The monoisotopic (exact) mass is 306 g/mol. The standard InChI is InChI=1S/C19H15FN2O/c20-15-5-3-4-14(12-15)19(23)13-8-10-16(11-9-13)22-18-7-2-1-6-17(18)21/h1-12,22H,21H2. The van der Waals surface area contributed by atoms with E-state index in [0.717, 1.165) is 11.4 Å². The second-order valence-electron chi connectivity index (χ2n) is 5.13. The first kappa shape index (κ1) is 14.8. The van der Waals surface area contributed by atoms with Crippen molar-refractivity contribution in [2.75, 3.05) is 11.1 Å². The number of ketones is 1. The summed E-state index contributed by atoms with van der Waals surface area (Å²) in [5.41, 5.74) is 8.98. The van der Waals surface area contributed by atoms with Gasteiger partial charge in [-0.1, -0.05) is 24.3 Å². The van der Waals surface area contributed by atoms with Crippen molar-refractivity contribution in [3.63, 3.8) is 0 Å². The third-order valence-electron chi connectivity index (χ3n) is 3.47. The Balaban J connectivity index is 1.79. The van der Waals surface area contributed by atoms with Crippen LogP contribution in [0.25, 0.3) is 0 Å². The number of halogens is 1. The molecule has 0 aliphatic carbocycles. The van der Waals surface area contributed by atoms with Crippen LogP contribution in [0.4, 0.5) is 21.5 Å². The van der Waals surface area contributed by atoms with Gasteiger partial charge in [-0.15, -0.1) is 0 Å². The molecule has 23 heavy (non-hydrogen) atoms. The SMILES string of the molecule is Nc1ccccc1Nc1ccc(C(=O)c2cccc(F)c2)cc1. The number of nitrogens with one attached hydrogen (secondary N) is 1. The Labute approximate surface area is 133 Å². The lowest BCUT2D eigenvalue weighted by molar-refractivity contribution is 0.103. The van der Waals surface area contributed by atoms with E-state index in [0.29, 0.717) is 16.8 Å². The Bertz CT molecular complexity index is 844. The number of para-hydroxylation sites is 2. The van der Waals surface area contributed by atoms with E-state index in [-0.39, 0.29) is 5.78 Å². The van der Waals surface area contributed by atoms with Gasteiger partial charge in [0, 0.05) is 16.8 Å². The van der Waals surface area contributed by atoms with E-state index in [1.54, 1.807) is 30.3 Å². The van der Waals surface area contributed by atoms with Crippen molar-refractivity contribution in [1.82, 2.24) is 0 Å². The number of nitrogens with two attached hydrogens (primary N) is 1. The fraction of sp³-hybridized carbons (Fsp3) is 0. The summed E-state index contributed by atoms with van der Waals surface area (Å²) in [6.45, 7) is 0. The number of anilines is 3. The van der Waals surface area contributed by atoms with Crippen molar-refractivity contribution >= 4 is 22.8 Å². The molecule has 0 unspecified atom stereocenters. The van der Waals surface area contributed by atoms with Crippen LogP contribution in [0.15, 0.2) is 72.8 Å². The van der Waals surface area contributed by atoms with E-state index < -0.39 is 5.82 Å². The van der Waals surface area contributed by atoms with Gasteiger partial charge in [0.1, 0.15) is 5.82 Å². The lowest BCUT2D eigenvalue weighted by Crippen LogP contribution is -2.02. The summed E-state index contributed by atoms with van der Waals surface area (Å²) < 4.78 is 13.2. The molecule has 114 valence electrons. The molecule has 0 aromatic heterocycles. The van der Waals surface area contributed by atoms with Crippen LogP contribution in [0.5, 0.6) is 0 Å². The maximum Gasteiger partial charge on any atom is 0.193 e. The zero-order valence-corrected chi connectivity index (χ0v) is 12.3. The van der Waals surface area contributed by atoms with Gasteiger partial charge in [0.05, 0.1) is 11.4 Å². The molecule has 0 aliphatic heterocycles. The number of rotatable bonds is 4. The van der Waals surface area contributed by atoms with Crippen LogP contribution in [-0.4, -0.2) is 5.78 Å². The molecule has 0 spiro atoms. The molecule has 3 aromatic carbocycles. The number of hydrogen-bond donors (Lipinski definition) is 2. The highest BCUT2D eigenvalue weighted by molar-refractivity contribution is 6.09. The maximum absolute atomic E-state index is 13.2. The molecule has 0 heterocycles. The van der Waals surface area contributed by atoms with Crippen LogP contribution in [0.3, 0.4) is 0 Å². The van der Waals surface area contributed by atoms with Gasteiger partial charge in [-0.3, -0.25) is 4.79 Å². The molecule has 0 fully saturated rings. The quantitative estimate of drug-likeness (QED) is 0.555. The van der Waals surface area contributed by atoms with Crippen molar-refractivity contribution in [2.45, 2.75) is 0 Å². The molecule has 0 radical (unpaired) electrons. The lowest BCUT2D eigenvalue weighted by Gasteiger charge is -2.09. The van der Waals surface area contributed by atoms with Gasteiger partial charge in [-0.05, 0) is 48.5 Å². The van der Waals surface area contributed by atoms with E-state index in [1.807, 2.05) is 24.3 Å². The Morgan fingerprint density at radius 2 is 1.61 bits per heavy atom. The smallest absolute Gasteiger partial charge is 0.193 e. The van der Waals surface area contributed by atoms with E-state index in [4.69, 9.17) is 5.73 Å². The number of benzene rings is 3. The second kappa shape index (κ2) is 6.32. The largest absolute Gasteiger partial charge is 0.397 e. The molecule has 0 amide bonds. The molecular weight excluding hydrogens is 291 g/mol. The summed E-state index contributed by atoms with van der Waals surface area (Å²) in [5, 5.41) is 3.19. The first-order valence-corrected chi connectivity index (χ1v) is 7.15. The van der Waals surface area contributed by atoms with Crippen LogP contribution in [0, 0.1) is 5.82 Å². The highest BCUT2D eigenvalue weighted by Gasteiger charge is 2.09. The van der Waals surface area contributed by atoms with E-state index in [9.17, 15) is 9.18 Å². The summed E-state index contributed by atoms with van der Waals surface area (Å²) in [6.07, 6.45) is 0. The van der Waals surface area contributed by atoms with Crippen molar-refractivity contribution < 1.29 is 9.18 Å². The Morgan fingerprint density at radius 1 is 0.870 bits per heavy atom. The number of hydrogen-bond acceptors (Lipinski definition) is 3. The molecule has 3 rings (SSSR count). The summed E-state index contributed by atoms with van der Waals surface area (Å²) in [5.74, 6) is -0.635. The predicted molar refractivity (Wildman–Crippen MR) is 90.4 cm³/mol. The van der Waals surface area contributed by atoms with Crippen molar-refractivity contribution in [2.24, 2.45) is 0 Å². The number of carbonyl (C=O) groups excluding carboxylic acids is 1.